The Bertz CT molecular complexity index is 1260. The summed E-state index contributed by atoms with van der Waals surface area (Å²) in [5.74, 6) is 0.616. The van der Waals surface area contributed by atoms with E-state index in [0.29, 0.717) is 38.7 Å². The number of aliphatic hydroxyl groups excluding tert-OH is 1. The van der Waals surface area contributed by atoms with Gasteiger partial charge >= 0.3 is 0 Å². The number of rotatable bonds is 8. The van der Waals surface area contributed by atoms with E-state index < -0.39 is 6.10 Å². The molecule has 0 saturated carbocycles. The van der Waals surface area contributed by atoms with E-state index in [4.69, 9.17) is 21.4 Å². The van der Waals surface area contributed by atoms with Gasteiger partial charge in [0.1, 0.15) is 17.9 Å². The fourth-order valence-corrected chi connectivity index (χ4v) is 4.69. The first kappa shape index (κ1) is 26.6. The summed E-state index contributed by atoms with van der Waals surface area (Å²) >= 11 is 6.55. The normalized spacial score (nSPS) is 14.6. The molecule has 2 aromatic carbocycles. The molecule has 2 heterocycles. The number of benzene rings is 2. The van der Waals surface area contributed by atoms with Crippen LogP contribution in [0.1, 0.15) is 43.0 Å². The molecule has 2 N–H and O–H groups in total. The van der Waals surface area contributed by atoms with Crippen molar-refractivity contribution in [3.05, 3.63) is 53.3 Å². The second-order valence-electron chi connectivity index (χ2n) is 9.14. The Balaban J connectivity index is 1.58. The van der Waals surface area contributed by atoms with Crippen molar-refractivity contribution < 1.29 is 19.4 Å². The Morgan fingerprint density at radius 3 is 2.62 bits per heavy atom. The van der Waals surface area contributed by atoms with Crippen molar-refractivity contribution in [3.8, 4) is 5.75 Å². The Kier molecular flexibility index (Phi) is 8.78. The molecule has 3 aromatic rings. The number of halogens is 1. The molecule has 0 spiro atoms. The molecule has 1 aliphatic heterocycles. The zero-order valence-corrected chi connectivity index (χ0v) is 21.9. The molecule has 37 heavy (non-hydrogen) atoms. The van der Waals surface area contributed by atoms with Crippen molar-refractivity contribution in [2.24, 2.45) is 0 Å². The average molecular weight is 526 g/mol. The lowest BCUT2D eigenvalue weighted by molar-refractivity contribution is -0.137. The maximum Gasteiger partial charge on any atom is 0.263 e. The van der Waals surface area contributed by atoms with E-state index in [0.717, 1.165) is 38.8 Å². The highest BCUT2D eigenvalue weighted by atomic mass is 35.5. The minimum absolute atomic E-state index is 0.0496. The fourth-order valence-electron chi connectivity index (χ4n) is 4.43. The molecule has 1 aromatic heterocycles. The number of hydrogen-bond donors (Lipinski definition) is 2. The Hall–Kier alpha value is -3.43. The Labute approximate surface area is 221 Å². The second-order valence-corrected chi connectivity index (χ2v) is 9.55. The smallest absolute Gasteiger partial charge is 0.263 e. The van der Waals surface area contributed by atoms with Gasteiger partial charge in [0, 0.05) is 32.4 Å². The average Bonchev–Trinajstić information content (AvgIpc) is 3.18. The third-order valence-electron chi connectivity index (χ3n) is 6.44. The standard InChI is InChI=1S/C27H32ClN5O4/c1-18(26(35)32(2)14-15-34)37-23-9-7-8-22-24(23)25(30-17-29-22)31-19-10-11-20(21(28)16-19)27(36)33-12-5-3-4-6-13-33/h7-11,16-18,34H,3-6,12-15H2,1-2H3,(H,29,30,31)/t18-/m1/s1. The third kappa shape index (κ3) is 6.29. The quantitative estimate of drug-likeness (QED) is 0.452. The van der Waals surface area contributed by atoms with Crippen molar-refractivity contribution in [1.82, 2.24) is 19.8 Å². The lowest BCUT2D eigenvalue weighted by Gasteiger charge is -2.22. The topological polar surface area (TPSA) is 108 Å². The number of likely N-dealkylation sites (N-methyl/N-ethyl adjacent to an activating group) is 1. The maximum absolute atomic E-state index is 13.0. The van der Waals surface area contributed by atoms with E-state index in [-0.39, 0.29) is 25.0 Å². The van der Waals surface area contributed by atoms with Gasteiger partial charge in [0.05, 0.1) is 28.1 Å². The first-order chi connectivity index (χ1) is 17.9. The van der Waals surface area contributed by atoms with Crippen LogP contribution < -0.4 is 10.1 Å². The van der Waals surface area contributed by atoms with Gasteiger partial charge in [0.15, 0.2) is 6.10 Å². The van der Waals surface area contributed by atoms with Gasteiger partial charge in [-0.3, -0.25) is 9.59 Å². The number of nitrogens with one attached hydrogen (secondary N) is 1. The monoisotopic (exact) mass is 525 g/mol. The molecule has 1 aliphatic rings. The molecule has 1 fully saturated rings. The molecule has 196 valence electrons. The van der Waals surface area contributed by atoms with Crippen LogP contribution in [0.2, 0.25) is 5.02 Å². The number of anilines is 2. The first-order valence-electron chi connectivity index (χ1n) is 12.5. The molecule has 9 nitrogen and oxygen atoms in total. The van der Waals surface area contributed by atoms with Gasteiger partial charge in [0.2, 0.25) is 0 Å². The first-order valence-corrected chi connectivity index (χ1v) is 12.9. The summed E-state index contributed by atoms with van der Waals surface area (Å²) < 4.78 is 6.02. The molecule has 0 unspecified atom stereocenters. The molecule has 0 aliphatic carbocycles. The van der Waals surface area contributed by atoms with Gasteiger partial charge in [-0.05, 0) is 50.1 Å². The largest absolute Gasteiger partial charge is 0.480 e. The second kappa shape index (κ2) is 12.2. The number of nitrogens with zero attached hydrogens (tertiary/aromatic N) is 4. The van der Waals surface area contributed by atoms with Crippen LogP contribution in [0.5, 0.6) is 5.75 Å². The van der Waals surface area contributed by atoms with Crippen LogP contribution in [0.4, 0.5) is 11.5 Å². The summed E-state index contributed by atoms with van der Waals surface area (Å²) in [5.41, 5.74) is 1.77. The molecule has 1 atom stereocenters. The van der Waals surface area contributed by atoms with Gasteiger partial charge in [-0.25, -0.2) is 9.97 Å². The molecule has 1 saturated heterocycles. The summed E-state index contributed by atoms with van der Waals surface area (Å²) in [6.07, 6.45) is 4.97. The highest BCUT2D eigenvalue weighted by Gasteiger charge is 2.22. The SMILES string of the molecule is C[C@@H](Oc1cccc2ncnc(Nc3ccc(C(=O)N4CCCCCC4)c(Cl)c3)c12)C(=O)N(C)CCO. The zero-order chi connectivity index (χ0) is 26.4. The predicted octanol–water partition coefficient (Wildman–Crippen LogP) is 4.26. The fraction of sp³-hybridized carbons (Fsp3) is 0.407. The molecule has 2 amide bonds. The molecule has 4 rings (SSSR count). The minimum atomic E-state index is -0.783. The summed E-state index contributed by atoms with van der Waals surface area (Å²) in [6.45, 7) is 3.25. The van der Waals surface area contributed by atoms with Gasteiger partial charge in [-0.2, -0.15) is 0 Å². The number of fused-ring (bicyclic) bond motifs is 1. The van der Waals surface area contributed by atoms with Gasteiger partial charge in [0.25, 0.3) is 11.8 Å². The lowest BCUT2D eigenvalue weighted by Crippen LogP contribution is -2.39. The summed E-state index contributed by atoms with van der Waals surface area (Å²) in [5, 5.41) is 13.4. The molecule has 0 radical (unpaired) electrons. The number of ether oxygens (including phenoxy) is 1. The van der Waals surface area contributed by atoms with Crippen LogP contribution in [0.25, 0.3) is 10.9 Å². The van der Waals surface area contributed by atoms with Gasteiger partial charge in [-0.15, -0.1) is 0 Å². The lowest BCUT2D eigenvalue weighted by atomic mass is 10.1. The predicted molar refractivity (Wildman–Crippen MR) is 143 cm³/mol. The minimum Gasteiger partial charge on any atom is -0.480 e. The van der Waals surface area contributed by atoms with Crippen LogP contribution >= 0.6 is 11.6 Å². The van der Waals surface area contributed by atoms with E-state index >= 15 is 0 Å². The van der Waals surface area contributed by atoms with Crippen molar-refractivity contribution in [2.75, 3.05) is 38.6 Å². The Morgan fingerprint density at radius 1 is 1.16 bits per heavy atom. The van der Waals surface area contributed by atoms with Crippen LogP contribution in [0, 0.1) is 0 Å². The summed E-state index contributed by atoms with van der Waals surface area (Å²) in [4.78, 5) is 37.7. The molecule has 0 bridgehead atoms. The van der Waals surface area contributed by atoms with E-state index in [1.807, 2.05) is 11.0 Å². The van der Waals surface area contributed by atoms with E-state index in [1.54, 1.807) is 44.3 Å². The highest BCUT2D eigenvalue weighted by Crippen LogP contribution is 2.33. The molecule has 10 heteroatoms. The Morgan fingerprint density at radius 2 is 1.92 bits per heavy atom. The molecular weight excluding hydrogens is 494 g/mol. The third-order valence-corrected chi connectivity index (χ3v) is 6.76. The number of amides is 2. The van der Waals surface area contributed by atoms with Crippen LogP contribution in [-0.4, -0.2) is 76.1 Å². The highest BCUT2D eigenvalue weighted by molar-refractivity contribution is 6.34. The van der Waals surface area contributed by atoms with Crippen molar-refractivity contribution in [2.45, 2.75) is 38.7 Å². The van der Waals surface area contributed by atoms with Crippen LogP contribution in [0.15, 0.2) is 42.7 Å². The van der Waals surface area contributed by atoms with Crippen LogP contribution in [-0.2, 0) is 4.79 Å². The summed E-state index contributed by atoms with van der Waals surface area (Å²) in [6, 6.07) is 10.6. The van der Waals surface area contributed by atoms with Gasteiger partial charge in [-0.1, -0.05) is 30.5 Å². The van der Waals surface area contributed by atoms with Gasteiger partial charge < -0.3 is 25.0 Å². The van der Waals surface area contributed by atoms with E-state index in [1.165, 1.54) is 11.2 Å². The zero-order valence-electron chi connectivity index (χ0n) is 21.1. The number of carbonyl (C=O) groups is 2. The van der Waals surface area contributed by atoms with Crippen molar-refractivity contribution in [3.63, 3.8) is 0 Å². The summed E-state index contributed by atoms with van der Waals surface area (Å²) in [7, 11) is 1.61. The van der Waals surface area contributed by atoms with Crippen LogP contribution in [0.3, 0.4) is 0 Å². The maximum atomic E-state index is 13.0. The van der Waals surface area contributed by atoms with Crippen molar-refractivity contribution >= 4 is 45.8 Å². The number of carbonyl (C=O) groups excluding carboxylic acids is 2. The molecular formula is C27H32ClN5O4. The van der Waals surface area contributed by atoms with E-state index in [2.05, 4.69) is 15.3 Å². The number of hydrogen-bond acceptors (Lipinski definition) is 7. The number of aliphatic hydroxyl groups is 1. The van der Waals surface area contributed by atoms with E-state index in [9.17, 15) is 9.59 Å². The van der Waals surface area contributed by atoms with Crippen molar-refractivity contribution in [1.29, 1.82) is 0 Å². The number of likely N-dealkylation sites (tertiary alicyclic amines) is 1. The number of aromatic nitrogens is 2.